The third-order valence-corrected chi connectivity index (χ3v) is 4.35. The van der Waals surface area contributed by atoms with Crippen LogP contribution in [0.3, 0.4) is 0 Å². The van der Waals surface area contributed by atoms with Gasteiger partial charge in [0.2, 0.25) is 0 Å². The topological polar surface area (TPSA) is 29.1 Å². The molecule has 1 aliphatic rings. The normalized spacial score (nSPS) is 18.2. The number of nitrogens with one attached hydrogen (secondary N) is 1. The fourth-order valence-corrected chi connectivity index (χ4v) is 2.70. The highest BCUT2D eigenvalue weighted by atomic mass is 16.1. The molecule has 0 bridgehead atoms. The minimum Gasteiger partial charge on any atom is -0.317 e. The maximum Gasteiger partial charge on any atom is 0.163 e. The number of Topliss-reactive ketones (excluding diaryl/α,β-unsaturated/α-hetero) is 1. The van der Waals surface area contributed by atoms with E-state index >= 15 is 0 Å². The zero-order chi connectivity index (χ0) is 13.7. The molecule has 2 rings (SSSR count). The summed E-state index contributed by atoms with van der Waals surface area (Å²) in [5, 5.41) is 3.34. The Morgan fingerprint density at radius 1 is 1.26 bits per heavy atom. The number of piperidine rings is 1. The van der Waals surface area contributed by atoms with Crippen molar-refractivity contribution in [2.45, 2.75) is 45.4 Å². The fraction of sp³-hybridized carbons (Fsp3) is 0.588. The van der Waals surface area contributed by atoms with Crippen LogP contribution in [0.4, 0.5) is 0 Å². The lowest BCUT2D eigenvalue weighted by Gasteiger charge is -2.21. The summed E-state index contributed by atoms with van der Waals surface area (Å²) in [5.74, 6) is 1.46. The monoisotopic (exact) mass is 259 g/mol. The predicted molar refractivity (Wildman–Crippen MR) is 79.7 cm³/mol. The molecule has 1 aliphatic heterocycles. The van der Waals surface area contributed by atoms with Crippen molar-refractivity contribution in [2.75, 3.05) is 13.1 Å². The molecule has 0 aliphatic carbocycles. The first kappa shape index (κ1) is 14.3. The molecule has 1 heterocycles. The van der Waals surface area contributed by atoms with Crippen LogP contribution in [0.15, 0.2) is 24.3 Å². The molecule has 0 aromatic heterocycles. The molecule has 0 saturated carbocycles. The summed E-state index contributed by atoms with van der Waals surface area (Å²) < 4.78 is 0. The lowest BCUT2D eigenvalue weighted by Crippen LogP contribution is -2.28. The van der Waals surface area contributed by atoms with E-state index in [1.54, 1.807) is 0 Å². The van der Waals surface area contributed by atoms with E-state index in [9.17, 15) is 4.79 Å². The molecule has 0 spiro atoms. The van der Waals surface area contributed by atoms with Gasteiger partial charge < -0.3 is 5.32 Å². The van der Waals surface area contributed by atoms with E-state index in [0.29, 0.717) is 24.0 Å². The highest BCUT2D eigenvalue weighted by molar-refractivity contribution is 5.96. The summed E-state index contributed by atoms with van der Waals surface area (Å²) in [6.45, 7) is 6.54. The zero-order valence-electron chi connectivity index (χ0n) is 12.1. The average Bonchev–Trinajstić information content (AvgIpc) is 2.47. The van der Waals surface area contributed by atoms with Crippen LogP contribution in [0.5, 0.6) is 0 Å². The number of carbonyl (C=O) groups is 1. The third kappa shape index (κ3) is 3.90. The van der Waals surface area contributed by atoms with Crippen LogP contribution in [0.25, 0.3) is 0 Å². The number of carbonyl (C=O) groups excluding carboxylic acids is 1. The summed E-state index contributed by atoms with van der Waals surface area (Å²) in [6.07, 6.45) is 4.13. The summed E-state index contributed by atoms with van der Waals surface area (Å²) >= 11 is 0. The van der Waals surface area contributed by atoms with Crippen molar-refractivity contribution in [1.82, 2.24) is 5.32 Å². The van der Waals surface area contributed by atoms with Crippen LogP contribution < -0.4 is 5.32 Å². The fourth-order valence-electron chi connectivity index (χ4n) is 2.70. The largest absolute Gasteiger partial charge is 0.317 e. The Kier molecular flexibility index (Phi) is 5.15. The van der Waals surface area contributed by atoms with E-state index in [1.165, 1.54) is 5.56 Å². The Bertz CT molecular complexity index is 404. The quantitative estimate of drug-likeness (QED) is 0.815. The van der Waals surface area contributed by atoms with Crippen LogP contribution in [-0.4, -0.2) is 18.9 Å². The molecule has 1 unspecified atom stereocenters. The Balaban J connectivity index is 1.95. The van der Waals surface area contributed by atoms with Crippen LogP contribution >= 0.6 is 0 Å². The van der Waals surface area contributed by atoms with Crippen LogP contribution in [0.1, 0.15) is 61.4 Å². The summed E-state index contributed by atoms with van der Waals surface area (Å²) in [6, 6.07) is 8.24. The Labute approximate surface area is 116 Å². The molecule has 0 amide bonds. The van der Waals surface area contributed by atoms with Gasteiger partial charge >= 0.3 is 0 Å². The van der Waals surface area contributed by atoms with Gasteiger partial charge in [-0.15, -0.1) is 0 Å². The van der Waals surface area contributed by atoms with Crippen LogP contribution in [-0.2, 0) is 0 Å². The van der Waals surface area contributed by atoms with Gasteiger partial charge in [-0.25, -0.2) is 0 Å². The summed E-state index contributed by atoms with van der Waals surface area (Å²) in [4.78, 5) is 12.2. The van der Waals surface area contributed by atoms with Crippen molar-refractivity contribution in [3.05, 3.63) is 35.4 Å². The molecule has 1 fully saturated rings. The van der Waals surface area contributed by atoms with Crippen LogP contribution in [0.2, 0.25) is 0 Å². The first-order valence-electron chi connectivity index (χ1n) is 7.54. The van der Waals surface area contributed by atoms with E-state index in [2.05, 4.69) is 31.3 Å². The van der Waals surface area contributed by atoms with E-state index < -0.39 is 0 Å². The molecular formula is C17H25NO. The van der Waals surface area contributed by atoms with Gasteiger partial charge in [-0.1, -0.05) is 38.1 Å². The molecule has 1 aromatic rings. The van der Waals surface area contributed by atoms with E-state index in [-0.39, 0.29) is 0 Å². The highest BCUT2D eigenvalue weighted by Gasteiger charge is 2.17. The van der Waals surface area contributed by atoms with Gasteiger partial charge in [-0.3, -0.25) is 4.79 Å². The maximum absolute atomic E-state index is 12.2. The Hall–Kier alpha value is -1.15. The zero-order valence-corrected chi connectivity index (χ0v) is 12.1. The van der Waals surface area contributed by atoms with Gasteiger partial charge in [0.05, 0.1) is 0 Å². The predicted octanol–water partition coefficient (Wildman–Crippen LogP) is 3.77. The number of hydrogen-bond acceptors (Lipinski definition) is 2. The molecular weight excluding hydrogens is 234 g/mol. The molecule has 1 N–H and O–H groups in total. The van der Waals surface area contributed by atoms with Gasteiger partial charge in [0.25, 0.3) is 0 Å². The first-order chi connectivity index (χ1) is 9.20. The van der Waals surface area contributed by atoms with Crippen molar-refractivity contribution in [1.29, 1.82) is 0 Å². The lowest BCUT2D eigenvalue weighted by atomic mass is 9.90. The van der Waals surface area contributed by atoms with Gasteiger partial charge in [0.1, 0.15) is 0 Å². The number of benzene rings is 1. The van der Waals surface area contributed by atoms with Crippen molar-refractivity contribution in [3.63, 3.8) is 0 Å². The van der Waals surface area contributed by atoms with Gasteiger partial charge in [0.15, 0.2) is 5.78 Å². The second-order valence-electron chi connectivity index (χ2n) is 5.75. The molecule has 104 valence electrons. The molecule has 2 nitrogen and oxygen atoms in total. The van der Waals surface area contributed by atoms with Crippen molar-refractivity contribution >= 4 is 5.78 Å². The van der Waals surface area contributed by atoms with Crippen molar-refractivity contribution in [3.8, 4) is 0 Å². The third-order valence-electron chi connectivity index (χ3n) is 4.35. The standard InChI is InChI=1S/C17H25NO/c1-3-13(2)15-4-6-16(7-5-15)17(19)12-14-8-10-18-11-9-14/h4-7,13-14,18H,3,8-12H2,1-2H3. The van der Waals surface area contributed by atoms with Gasteiger partial charge in [0, 0.05) is 12.0 Å². The Morgan fingerprint density at radius 2 is 1.89 bits per heavy atom. The number of ketones is 1. The Morgan fingerprint density at radius 3 is 2.47 bits per heavy atom. The maximum atomic E-state index is 12.2. The molecule has 1 saturated heterocycles. The first-order valence-corrected chi connectivity index (χ1v) is 7.54. The van der Waals surface area contributed by atoms with Gasteiger partial charge in [-0.2, -0.15) is 0 Å². The average molecular weight is 259 g/mol. The highest BCUT2D eigenvalue weighted by Crippen LogP contribution is 2.22. The van der Waals surface area contributed by atoms with Crippen LogP contribution in [0, 0.1) is 5.92 Å². The molecule has 1 atom stereocenters. The number of rotatable bonds is 5. The molecule has 19 heavy (non-hydrogen) atoms. The summed E-state index contributed by atoms with van der Waals surface area (Å²) in [7, 11) is 0. The second-order valence-corrected chi connectivity index (χ2v) is 5.75. The van der Waals surface area contributed by atoms with Gasteiger partial charge in [-0.05, 0) is 49.8 Å². The van der Waals surface area contributed by atoms with E-state index in [4.69, 9.17) is 0 Å². The number of hydrogen-bond donors (Lipinski definition) is 1. The minimum absolute atomic E-state index is 0.308. The van der Waals surface area contributed by atoms with E-state index in [0.717, 1.165) is 37.9 Å². The second kappa shape index (κ2) is 6.85. The molecule has 2 heteroatoms. The minimum atomic E-state index is 0.308. The smallest absolute Gasteiger partial charge is 0.163 e. The summed E-state index contributed by atoms with van der Waals surface area (Å²) in [5.41, 5.74) is 2.21. The molecule has 1 aromatic carbocycles. The van der Waals surface area contributed by atoms with E-state index in [1.807, 2.05) is 12.1 Å². The van der Waals surface area contributed by atoms with Crippen molar-refractivity contribution < 1.29 is 4.79 Å². The van der Waals surface area contributed by atoms with Crippen molar-refractivity contribution in [2.24, 2.45) is 5.92 Å². The lowest BCUT2D eigenvalue weighted by molar-refractivity contribution is 0.0952. The molecule has 0 radical (unpaired) electrons. The SMILES string of the molecule is CCC(C)c1ccc(C(=O)CC2CCNCC2)cc1.